The Morgan fingerprint density at radius 2 is 2.00 bits per heavy atom. The zero-order valence-corrected chi connectivity index (χ0v) is 18.0. The summed E-state index contributed by atoms with van der Waals surface area (Å²) in [6.45, 7) is 1.64. The lowest BCUT2D eigenvalue weighted by molar-refractivity contribution is -0.124. The second kappa shape index (κ2) is 9.53. The third-order valence-electron chi connectivity index (χ3n) is 5.57. The molecule has 1 atom stereocenters. The number of nitrogens with one attached hydrogen (secondary N) is 2. The average molecular weight is 426 g/mol. The fraction of sp³-hybridized carbons (Fsp3) is 0.391. The number of benzene rings is 2. The van der Waals surface area contributed by atoms with Crippen molar-refractivity contribution in [2.45, 2.75) is 36.6 Å². The van der Waals surface area contributed by atoms with Crippen LogP contribution in [0, 0.1) is 0 Å². The van der Waals surface area contributed by atoms with Gasteiger partial charge in [0.05, 0.1) is 19.2 Å². The topological polar surface area (TPSA) is 70.7 Å². The van der Waals surface area contributed by atoms with Crippen LogP contribution in [0.5, 0.6) is 5.75 Å². The molecule has 2 heterocycles. The number of fused-ring (bicyclic) bond motifs is 1. The molecule has 2 aromatic rings. The van der Waals surface area contributed by atoms with Crippen molar-refractivity contribution in [1.82, 2.24) is 4.90 Å². The van der Waals surface area contributed by atoms with E-state index < -0.39 is 0 Å². The molecule has 1 saturated heterocycles. The fourth-order valence-electron chi connectivity index (χ4n) is 4.05. The summed E-state index contributed by atoms with van der Waals surface area (Å²) in [5.41, 5.74) is 2.69. The lowest BCUT2D eigenvalue weighted by atomic mass is 10.0. The number of thioether (sulfide) groups is 1. The Morgan fingerprint density at radius 3 is 2.87 bits per heavy atom. The molecule has 0 aromatic heterocycles. The lowest BCUT2D eigenvalue weighted by Gasteiger charge is -2.34. The number of ether oxygens (including phenoxy) is 1. The molecule has 2 aliphatic heterocycles. The third-order valence-corrected chi connectivity index (χ3v) is 6.30. The second-order valence-electron chi connectivity index (χ2n) is 7.67. The highest BCUT2D eigenvalue weighted by molar-refractivity contribution is 7.98. The van der Waals surface area contributed by atoms with E-state index in [0.29, 0.717) is 6.61 Å². The van der Waals surface area contributed by atoms with Crippen molar-refractivity contribution in [3.8, 4) is 5.75 Å². The number of anilines is 2. The largest absolute Gasteiger partial charge is 0.493 e. The Bertz CT molecular complexity index is 934. The molecular weight excluding hydrogens is 398 g/mol. The summed E-state index contributed by atoms with van der Waals surface area (Å²) in [5, 5.41) is 6.00. The molecule has 2 amide bonds. The molecule has 2 aromatic carbocycles. The maximum absolute atomic E-state index is 13.0. The summed E-state index contributed by atoms with van der Waals surface area (Å²) in [6.07, 6.45) is 5.62. The van der Waals surface area contributed by atoms with Gasteiger partial charge in [0.1, 0.15) is 5.75 Å². The first-order valence-corrected chi connectivity index (χ1v) is 11.6. The van der Waals surface area contributed by atoms with Gasteiger partial charge >= 0.3 is 0 Å². The SMILES string of the molecule is CSc1cccc(NC(=O)CN2CCCCC2C(=O)Nc2ccc3c(c2)CCO3)c1. The normalized spacial score (nSPS) is 18.4. The van der Waals surface area contributed by atoms with E-state index in [1.165, 1.54) is 0 Å². The van der Waals surface area contributed by atoms with E-state index in [0.717, 1.165) is 59.8 Å². The Balaban J connectivity index is 1.38. The quantitative estimate of drug-likeness (QED) is 0.690. The fourth-order valence-corrected chi connectivity index (χ4v) is 4.51. The van der Waals surface area contributed by atoms with Gasteiger partial charge in [-0.3, -0.25) is 14.5 Å². The monoisotopic (exact) mass is 425 g/mol. The second-order valence-corrected chi connectivity index (χ2v) is 8.55. The summed E-state index contributed by atoms with van der Waals surface area (Å²) < 4.78 is 5.53. The number of nitrogens with zero attached hydrogens (tertiary/aromatic N) is 1. The molecule has 1 unspecified atom stereocenters. The van der Waals surface area contributed by atoms with Crippen LogP contribution in [0.2, 0.25) is 0 Å². The summed E-state index contributed by atoms with van der Waals surface area (Å²) in [5.74, 6) is 0.753. The molecule has 0 bridgehead atoms. The van der Waals surface area contributed by atoms with Gasteiger partial charge in [-0.1, -0.05) is 12.5 Å². The first kappa shape index (κ1) is 20.8. The molecular formula is C23H27N3O3S. The summed E-state index contributed by atoms with van der Waals surface area (Å²) in [7, 11) is 0. The van der Waals surface area contributed by atoms with E-state index in [1.807, 2.05) is 53.6 Å². The first-order chi connectivity index (χ1) is 14.6. The molecule has 6 nitrogen and oxygen atoms in total. The molecule has 4 rings (SSSR count). The minimum atomic E-state index is -0.300. The zero-order chi connectivity index (χ0) is 20.9. The van der Waals surface area contributed by atoms with E-state index in [-0.39, 0.29) is 24.4 Å². The van der Waals surface area contributed by atoms with Crippen LogP contribution in [0.25, 0.3) is 0 Å². The highest BCUT2D eigenvalue weighted by Gasteiger charge is 2.30. The van der Waals surface area contributed by atoms with Crippen LogP contribution < -0.4 is 15.4 Å². The molecule has 1 fully saturated rings. The van der Waals surface area contributed by atoms with Gasteiger partial charge in [-0.2, -0.15) is 0 Å². The number of piperidine rings is 1. The minimum absolute atomic E-state index is 0.0502. The van der Waals surface area contributed by atoms with E-state index >= 15 is 0 Å². The van der Waals surface area contributed by atoms with Crippen molar-refractivity contribution >= 4 is 35.0 Å². The summed E-state index contributed by atoms with van der Waals surface area (Å²) in [4.78, 5) is 28.7. The lowest BCUT2D eigenvalue weighted by Crippen LogP contribution is -2.49. The molecule has 7 heteroatoms. The van der Waals surface area contributed by atoms with Crippen molar-refractivity contribution in [2.75, 3.05) is 36.6 Å². The van der Waals surface area contributed by atoms with Gasteiger partial charge < -0.3 is 15.4 Å². The number of amides is 2. The van der Waals surface area contributed by atoms with Crippen LogP contribution in [0.4, 0.5) is 11.4 Å². The molecule has 0 saturated carbocycles. The van der Waals surface area contributed by atoms with Crippen molar-refractivity contribution in [2.24, 2.45) is 0 Å². The van der Waals surface area contributed by atoms with Crippen LogP contribution in [0.3, 0.4) is 0 Å². The standard InChI is InChI=1S/C23H27N3O3S/c1-30-19-6-4-5-17(14-19)24-22(27)15-26-11-3-2-7-20(26)23(28)25-18-8-9-21-16(13-18)10-12-29-21/h4-6,8-9,13-14,20H,2-3,7,10-12,15H2,1H3,(H,24,27)(H,25,28). The number of hydrogen-bond donors (Lipinski definition) is 2. The summed E-state index contributed by atoms with van der Waals surface area (Å²) >= 11 is 1.64. The molecule has 158 valence electrons. The van der Waals surface area contributed by atoms with Gasteiger partial charge in [-0.25, -0.2) is 0 Å². The minimum Gasteiger partial charge on any atom is -0.493 e. The van der Waals surface area contributed by atoms with Crippen molar-refractivity contribution in [1.29, 1.82) is 0 Å². The molecule has 0 radical (unpaired) electrons. The van der Waals surface area contributed by atoms with Crippen molar-refractivity contribution < 1.29 is 14.3 Å². The maximum Gasteiger partial charge on any atom is 0.241 e. The van der Waals surface area contributed by atoms with Crippen molar-refractivity contribution in [3.05, 3.63) is 48.0 Å². The van der Waals surface area contributed by atoms with Gasteiger partial charge in [0.25, 0.3) is 0 Å². The highest BCUT2D eigenvalue weighted by Crippen LogP contribution is 2.28. The number of likely N-dealkylation sites (tertiary alicyclic amines) is 1. The Morgan fingerprint density at radius 1 is 1.13 bits per heavy atom. The summed E-state index contributed by atoms with van der Waals surface area (Å²) in [6, 6.07) is 13.3. The molecule has 0 aliphatic carbocycles. The van der Waals surface area contributed by atoms with Gasteiger partial charge in [0.2, 0.25) is 11.8 Å². The predicted molar refractivity (Wildman–Crippen MR) is 120 cm³/mol. The van der Waals surface area contributed by atoms with Gasteiger partial charge in [-0.05, 0) is 67.6 Å². The zero-order valence-electron chi connectivity index (χ0n) is 17.1. The number of carbonyl (C=O) groups excluding carboxylic acids is 2. The van der Waals surface area contributed by atoms with Crippen LogP contribution in [-0.2, 0) is 16.0 Å². The molecule has 2 aliphatic rings. The maximum atomic E-state index is 13.0. The Hall–Kier alpha value is -2.51. The van der Waals surface area contributed by atoms with E-state index in [2.05, 4.69) is 10.6 Å². The van der Waals surface area contributed by atoms with E-state index in [4.69, 9.17) is 4.74 Å². The number of rotatable bonds is 6. The molecule has 2 N–H and O–H groups in total. The first-order valence-electron chi connectivity index (χ1n) is 10.4. The van der Waals surface area contributed by atoms with E-state index in [9.17, 15) is 9.59 Å². The number of hydrogen-bond acceptors (Lipinski definition) is 5. The Labute approximate surface area is 181 Å². The van der Waals surface area contributed by atoms with Gasteiger partial charge in [0, 0.05) is 22.7 Å². The van der Waals surface area contributed by atoms with Crippen LogP contribution in [0.1, 0.15) is 24.8 Å². The van der Waals surface area contributed by atoms with E-state index in [1.54, 1.807) is 11.8 Å². The molecule has 0 spiro atoms. The van der Waals surface area contributed by atoms with Gasteiger partial charge in [-0.15, -0.1) is 11.8 Å². The van der Waals surface area contributed by atoms with Crippen LogP contribution in [0.15, 0.2) is 47.4 Å². The highest BCUT2D eigenvalue weighted by atomic mass is 32.2. The number of carbonyl (C=O) groups is 2. The average Bonchev–Trinajstić information content (AvgIpc) is 3.22. The predicted octanol–water partition coefficient (Wildman–Crippen LogP) is 3.78. The smallest absolute Gasteiger partial charge is 0.241 e. The molecule has 30 heavy (non-hydrogen) atoms. The van der Waals surface area contributed by atoms with Crippen LogP contribution >= 0.6 is 11.8 Å². The third kappa shape index (κ3) is 4.96. The van der Waals surface area contributed by atoms with Gasteiger partial charge in [0.15, 0.2) is 0 Å². The van der Waals surface area contributed by atoms with Crippen LogP contribution in [-0.4, -0.2) is 48.7 Å². The Kier molecular flexibility index (Phi) is 6.59. The van der Waals surface area contributed by atoms with Crippen molar-refractivity contribution in [3.63, 3.8) is 0 Å².